The molecule has 0 radical (unpaired) electrons. The summed E-state index contributed by atoms with van der Waals surface area (Å²) < 4.78 is 5.11. The molecule has 0 aromatic heterocycles. The number of allylic oxidation sites excluding steroid dienone is 1. The van der Waals surface area contributed by atoms with Crippen molar-refractivity contribution in [3.05, 3.63) is 36.9 Å². The van der Waals surface area contributed by atoms with E-state index >= 15 is 0 Å². The molecule has 4 nitrogen and oxygen atoms in total. The largest absolute Gasteiger partial charge is 0.497 e. The maximum absolute atomic E-state index is 11.4. The Bertz CT molecular complexity index is 431. The fraction of sp³-hybridized carbons (Fsp3) is 0.357. The molecular formula is C14H19NO3. The normalized spacial score (nSPS) is 13.4. The second-order valence-corrected chi connectivity index (χ2v) is 4.32. The smallest absolute Gasteiger partial charge is 0.329 e. The molecule has 0 bridgehead atoms. The van der Waals surface area contributed by atoms with Crippen LogP contribution in [0.5, 0.6) is 5.75 Å². The van der Waals surface area contributed by atoms with Crippen molar-refractivity contribution in [2.45, 2.75) is 25.3 Å². The fourth-order valence-corrected chi connectivity index (χ4v) is 1.63. The predicted molar refractivity (Wildman–Crippen MR) is 72.1 cm³/mol. The molecule has 0 heterocycles. The molecule has 2 N–H and O–H groups in total. The lowest BCUT2D eigenvalue weighted by atomic mass is 9.95. The number of carboxylic acid groups (broad SMARTS) is 1. The highest BCUT2D eigenvalue weighted by molar-refractivity contribution is 5.82. The highest BCUT2D eigenvalue weighted by Gasteiger charge is 2.32. The summed E-state index contributed by atoms with van der Waals surface area (Å²) >= 11 is 0. The predicted octanol–water partition coefficient (Wildman–Crippen LogP) is 2.92. The van der Waals surface area contributed by atoms with Gasteiger partial charge in [0.25, 0.3) is 0 Å². The molecule has 1 rings (SSSR count). The number of aliphatic carboxylic acids is 1. The Morgan fingerprint density at radius 2 is 2.33 bits per heavy atom. The Morgan fingerprint density at radius 3 is 2.89 bits per heavy atom. The molecule has 1 atom stereocenters. The molecule has 0 aliphatic heterocycles. The van der Waals surface area contributed by atoms with Crippen molar-refractivity contribution < 1.29 is 14.6 Å². The third kappa shape index (κ3) is 3.52. The van der Waals surface area contributed by atoms with Gasteiger partial charge in [-0.2, -0.15) is 0 Å². The van der Waals surface area contributed by atoms with E-state index in [4.69, 9.17) is 4.74 Å². The standard InChI is InChI=1S/C14H19NO3/c1-4-5-9-14(2,13(16)17)15-11-7-6-8-12(10-11)18-3/h4,6-8,10,15H,1,5,9H2,2-3H3,(H,16,17). The maximum atomic E-state index is 11.4. The van der Waals surface area contributed by atoms with E-state index in [0.29, 0.717) is 18.6 Å². The first-order valence-electron chi connectivity index (χ1n) is 5.78. The third-order valence-electron chi connectivity index (χ3n) is 2.81. The summed E-state index contributed by atoms with van der Waals surface area (Å²) in [4.78, 5) is 11.4. The zero-order valence-corrected chi connectivity index (χ0v) is 10.8. The summed E-state index contributed by atoms with van der Waals surface area (Å²) in [5.41, 5.74) is -0.288. The van der Waals surface area contributed by atoms with Gasteiger partial charge in [0.2, 0.25) is 0 Å². The van der Waals surface area contributed by atoms with Crippen LogP contribution in [0, 0.1) is 0 Å². The molecule has 98 valence electrons. The molecule has 1 unspecified atom stereocenters. The number of hydrogen-bond acceptors (Lipinski definition) is 3. The van der Waals surface area contributed by atoms with E-state index in [1.807, 2.05) is 18.2 Å². The Kier molecular flexibility index (Phi) is 4.77. The second kappa shape index (κ2) is 6.10. The van der Waals surface area contributed by atoms with Crippen LogP contribution < -0.4 is 10.1 Å². The molecule has 0 saturated heterocycles. The molecule has 0 saturated carbocycles. The van der Waals surface area contributed by atoms with Crippen LogP contribution in [0.25, 0.3) is 0 Å². The quantitative estimate of drug-likeness (QED) is 0.729. The van der Waals surface area contributed by atoms with Gasteiger partial charge in [0.05, 0.1) is 7.11 Å². The Hall–Kier alpha value is -1.97. The summed E-state index contributed by atoms with van der Waals surface area (Å²) in [6.45, 7) is 5.28. The van der Waals surface area contributed by atoms with E-state index in [1.54, 1.807) is 26.2 Å². The molecule has 1 aromatic rings. The highest BCUT2D eigenvalue weighted by Crippen LogP contribution is 2.23. The van der Waals surface area contributed by atoms with E-state index in [-0.39, 0.29) is 0 Å². The summed E-state index contributed by atoms with van der Waals surface area (Å²) in [6, 6.07) is 7.22. The van der Waals surface area contributed by atoms with Crippen LogP contribution >= 0.6 is 0 Å². The van der Waals surface area contributed by atoms with Gasteiger partial charge in [-0.25, -0.2) is 4.79 Å². The summed E-state index contributed by atoms with van der Waals surface area (Å²) in [6.07, 6.45) is 2.83. The Morgan fingerprint density at radius 1 is 1.61 bits per heavy atom. The summed E-state index contributed by atoms with van der Waals surface area (Å²) in [5, 5.41) is 12.4. The molecule has 18 heavy (non-hydrogen) atoms. The summed E-state index contributed by atoms with van der Waals surface area (Å²) in [5.74, 6) is -0.191. The van der Waals surface area contributed by atoms with Crippen molar-refractivity contribution in [2.75, 3.05) is 12.4 Å². The van der Waals surface area contributed by atoms with Crippen LogP contribution in [0.4, 0.5) is 5.69 Å². The molecule has 1 aromatic carbocycles. The Balaban J connectivity index is 2.88. The first-order chi connectivity index (χ1) is 8.51. The van der Waals surface area contributed by atoms with Crippen molar-refractivity contribution in [1.82, 2.24) is 0 Å². The van der Waals surface area contributed by atoms with Gasteiger partial charge in [0.15, 0.2) is 0 Å². The lowest BCUT2D eigenvalue weighted by Crippen LogP contribution is -2.43. The SMILES string of the molecule is C=CCCC(C)(Nc1cccc(OC)c1)C(=O)O. The average molecular weight is 249 g/mol. The van der Waals surface area contributed by atoms with E-state index in [2.05, 4.69) is 11.9 Å². The monoisotopic (exact) mass is 249 g/mol. The van der Waals surface area contributed by atoms with E-state index in [1.165, 1.54) is 0 Å². The minimum Gasteiger partial charge on any atom is -0.497 e. The first-order valence-corrected chi connectivity index (χ1v) is 5.78. The number of hydrogen-bond donors (Lipinski definition) is 2. The van der Waals surface area contributed by atoms with E-state index in [0.717, 1.165) is 5.69 Å². The fourth-order valence-electron chi connectivity index (χ4n) is 1.63. The zero-order valence-electron chi connectivity index (χ0n) is 10.8. The zero-order chi connectivity index (χ0) is 13.6. The Labute approximate surface area is 107 Å². The molecule has 4 heteroatoms. The van der Waals surface area contributed by atoms with Gasteiger partial charge in [-0.3, -0.25) is 0 Å². The lowest BCUT2D eigenvalue weighted by molar-refractivity contribution is -0.141. The summed E-state index contributed by atoms with van der Waals surface area (Å²) in [7, 11) is 1.58. The number of rotatable bonds is 7. The minimum absolute atomic E-state index is 0.475. The van der Waals surface area contributed by atoms with Gasteiger partial charge in [0.1, 0.15) is 11.3 Å². The molecule has 0 aliphatic rings. The number of methoxy groups -OCH3 is 1. The molecule has 0 amide bonds. The van der Waals surface area contributed by atoms with Crippen LogP contribution in [-0.4, -0.2) is 23.7 Å². The van der Waals surface area contributed by atoms with E-state index < -0.39 is 11.5 Å². The van der Waals surface area contributed by atoms with E-state index in [9.17, 15) is 9.90 Å². The van der Waals surface area contributed by atoms with Crippen LogP contribution in [0.2, 0.25) is 0 Å². The van der Waals surface area contributed by atoms with Gasteiger partial charge < -0.3 is 15.2 Å². The first kappa shape index (κ1) is 14.1. The van der Waals surface area contributed by atoms with Gasteiger partial charge in [-0.05, 0) is 31.9 Å². The number of benzene rings is 1. The van der Waals surface area contributed by atoms with Crippen LogP contribution in [-0.2, 0) is 4.79 Å². The highest BCUT2D eigenvalue weighted by atomic mass is 16.5. The van der Waals surface area contributed by atoms with Crippen molar-refractivity contribution >= 4 is 11.7 Å². The topological polar surface area (TPSA) is 58.6 Å². The van der Waals surface area contributed by atoms with Crippen molar-refractivity contribution in [3.8, 4) is 5.75 Å². The molecule has 0 spiro atoms. The van der Waals surface area contributed by atoms with Gasteiger partial charge >= 0.3 is 5.97 Å². The molecule has 0 fully saturated rings. The third-order valence-corrected chi connectivity index (χ3v) is 2.81. The second-order valence-electron chi connectivity index (χ2n) is 4.32. The van der Waals surface area contributed by atoms with Crippen molar-refractivity contribution in [1.29, 1.82) is 0 Å². The number of ether oxygens (including phenoxy) is 1. The lowest BCUT2D eigenvalue weighted by Gasteiger charge is -2.27. The van der Waals surface area contributed by atoms with Crippen LogP contribution in [0.15, 0.2) is 36.9 Å². The van der Waals surface area contributed by atoms with Gasteiger partial charge in [0, 0.05) is 11.8 Å². The average Bonchev–Trinajstić information content (AvgIpc) is 2.36. The van der Waals surface area contributed by atoms with Gasteiger partial charge in [-0.1, -0.05) is 12.1 Å². The number of carboxylic acids is 1. The van der Waals surface area contributed by atoms with Crippen LogP contribution in [0.1, 0.15) is 19.8 Å². The maximum Gasteiger partial charge on any atom is 0.329 e. The van der Waals surface area contributed by atoms with Crippen LogP contribution in [0.3, 0.4) is 0 Å². The number of carbonyl (C=O) groups is 1. The number of nitrogens with one attached hydrogen (secondary N) is 1. The van der Waals surface area contributed by atoms with Gasteiger partial charge in [-0.15, -0.1) is 6.58 Å². The molecular weight excluding hydrogens is 230 g/mol. The van der Waals surface area contributed by atoms with Crippen molar-refractivity contribution in [2.24, 2.45) is 0 Å². The minimum atomic E-state index is -1.01. The molecule has 0 aliphatic carbocycles. The van der Waals surface area contributed by atoms with Crippen molar-refractivity contribution in [3.63, 3.8) is 0 Å². The number of anilines is 1.